The molecular formula is C24H28N2O5S2. The highest BCUT2D eigenvalue weighted by Gasteiger charge is 2.19. The summed E-state index contributed by atoms with van der Waals surface area (Å²) in [5, 5.41) is 0. The van der Waals surface area contributed by atoms with Crippen LogP contribution in [0.3, 0.4) is 0 Å². The van der Waals surface area contributed by atoms with Crippen LogP contribution in [-0.2, 0) is 20.0 Å². The zero-order chi connectivity index (χ0) is 24.4. The summed E-state index contributed by atoms with van der Waals surface area (Å²) in [5.41, 5.74) is 3.26. The molecule has 0 saturated carbocycles. The van der Waals surface area contributed by atoms with Crippen molar-refractivity contribution in [3.8, 4) is 5.75 Å². The van der Waals surface area contributed by atoms with Gasteiger partial charge in [0.2, 0.25) is 0 Å². The van der Waals surface area contributed by atoms with E-state index in [1.807, 2.05) is 39.8 Å². The minimum Gasteiger partial charge on any atom is -0.496 e. The van der Waals surface area contributed by atoms with Crippen LogP contribution in [0.1, 0.15) is 36.5 Å². The number of sulfonamides is 2. The van der Waals surface area contributed by atoms with Gasteiger partial charge in [-0.15, -0.1) is 0 Å². The van der Waals surface area contributed by atoms with E-state index in [0.29, 0.717) is 11.4 Å². The molecule has 176 valence electrons. The van der Waals surface area contributed by atoms with Gasteiger partial charge in [-0.2, -0.15) is 0 Å². The molecule has 33 heavy (non-hydrogen) atoms. The van der Waals surface area contributed by atoms with E-state index in [-0.39, 0.29) is 21.4 Å². The molecule has 0 heterocycles. The van der Waals surface area contributed by atoms with E-state index in [2.05, 4.69) is 9.44 Å². The molecule has 3 aromatic carbocycles. The van der Waals surface area contributed by atoms with E-state index in [4.69, 9.17) is 4.74 Å². The third-order valence-corrected chi connectivity index (χ3v) is 7.95. The Morgan fingerprint density at radius 2 is 1.36 bits per heavy atom. The van der Waals surface area contributed by atoms with Crippen LogP contribution >= 0.6 is 0 Å². The normalized spacial score (nSPS) is 11.9. The number of anilines is 2. The quantitative estimate of drug-likeness (QED) is 0.463. The van der Waals surface area contributed by atoms with E-state index < -0.39 is 20.0 Å². The third-order valence-electron chi connectivity index (χ3n) is 5.19. The Morgan fingerprint density at radius 3 is 1.97 bits per heavy atom. The number of hydrogen-bond donors (Lipinski definition) is 2. The second-order valence-electron chi connectivity index (χ2n) is 8.11. The lowest BCUT2D eigenvalue weighted by Crippen LogP contribution is -2.15. The smallest absolute Gasteiger partial charge is 0.261 e. The van der Waals surface area contributed by atoms with Crippen LogP contribution in [0.2, 0.25) is 0 Å². The van der Waals surface area contributed by atoms with Gasteiger partial charge in [-0.25, -0.2) is 16.8 Å². The first-order valence-corrected chi connectivity index (χ1v) is 13.3. The number of hydrogen-bond acceptors (Lipinski definition) is 5. The second-order valence-corrected chi connectivity index (χ2v) is 11.5. The lowest BCUT2D eigenvalue weighted by atomic mass is 10.0. The van der Waals surface area contributed by atoms with Crippen molar-refractivity contribution in [1.82, 2.24) is 0 Å². The van der Waals surface area contributed by atoms with Crippen molar-refractivity contribution in [3.63, 3.8) is 0 Å². The lowest BCUT2D eigenvalue weighted by molar-refractivity contribution is 0.407. The van der Waals surface area contributed by atoms with E-state index in [1.54, 1.807) is 25.3 Å². The maximum absolute atomic E-state index is 12.9. The molecule has 0 spiro atoms. The zero-order valence-electron chi connectivity index (χ0n) is 19.2. The molecule has 9 heteroatoms. The molecule has 7 nitrogen and oxygen atoms in total. The topological polar surface area (TPSA) is 102 Å². The Bertz CT molecular complexity index is 1360. The number of benzene rings is 3. The second kappa shape index (κ2) is 9.44. The fourth-order valence-electron chi connectivity index (χ4n) is 3.30. The van der Waals surface area contributed by atoms with Gasteiger partial charge >= 0.3 is 0 Å². The Kier molecular flexibility index (Phi) is 7.04. The van der Waals surface area contributed by atoms with Crippen molar-refractivity contribution in [2.45, 2.75) is 43.4 Å². The fraction of sp³-hybridized carbons (Fsp3) is 0.250. The minimum absolute atomic E-state index is 0.0258. The van der Waals surface area contributed by atoms with Gasteiger partial charge < -0.3 is 4.74 Å². The van der Waals surface area contributed by atoms with E-state index in [0.717, 1.165) is 16.7 Å². The lowest BCUT2D eigenvalue weighted by Gasteiger charge is -2.15. The maximum atomic E-state index is 12.9. The zero-order valence-corrected chi connectivity index (χ0v) is 20.8. The highest BCUT2D eigenvalue weighted by molar-refractivity contribution is 7.93. The average Bonchev–Trinajstić information content (AvgIpc) is 2.75. The van der Waals surface area contributed by atoms with E-state index in [9.17, 15) is 16.8 Å². The van der Waals surface area contributed by atoms with Crippen LogP contribution in [-0.4, -0.2) is 23.9 Å². The molecule has 0 amide bonds. The Balaban J connectivity index is 1.83. The molecule has 2 N–H and O–H groups in total. The average molecular weight is 489 g/mol. The van der Waals surface area contributed by atoms with Gasteiger partial charge in [0.25, 0.3) is 20.0 Å². The summed E-state index contributed by atoms with van der Waals surface area (Å²) in [4.78, 5) is 0.123. The molecule has 0 aliphatic heterocycles. The molecule has 0 bridgehead atoms. The number of methoxy groups -OCH3 is 1. The Hall–Kier alpha value is -3.04. The molecular weight excluding hydrogens is 460 g/mol. The van der Waals surface area contributed by atoms with Crippen molar-refractivity contribution in [3.05, 3.63) is 77.4 Å². The van der Waals surface area contributed by atoms with Crippen LogP contribution in [0.15, 0.2) is 70.5 Å². The Labute approximate surface area is 195 Å². The first-order valence-electron chi connectivity index (χ1n) is 10.3. The largest absolute Gasteiger partial charge is 0.496 e. The molecule has 0 fully saturated rings. The van der Waals surface area contributed by atoms with Gasteiger partial charge in [0.1, 0.15) is 5.75 Å². The molecule has 0 saturated heterocycles. The Morgan fingerprint density at radius 1 is 0.758 bits per heavy atom. The van der Waals surface area contributed by atoms with Crippen LogP contribution in [0.4, 0.5) is 11.4 Å². The van der Waals surface area contributed by atoms with Gasteiger partial charge in [-0.3, -0.25) is 9.44 Å². The van der Waals surface area contributed by atoms with Crippen molar-refractivity contribution in [2.75, 3.05) is 16.6 Å². The van der Waals surface area contributed by atoms with Gasteiger partial charge in [0.05, 0.1) is 22.6 Å². The van der Waals surface area contributed by atoms with Crippen LogP contribution in [0.5, 0.6) is 5.75 Å². The van der Waals surface area contributed by atoms with Crippen molar-refractivity contribution < 1.29 is 21.6 Å². The SMILES string of the molecule is COc1ccc(S(=O)(=O)Nc2ccc(S(=O)(=O)Nc3cc(C)ccc3C)cc2)cc1C(C)C. The van der Waals surface area contributed by atoms with Gasteiger partial charge in [-0.05, 0) is 85.0 Å². The number of aryl methyl sites for hydroxylation is 2. The predicted molar refractivity (Wildman–Crippen MR) is 131 cm³/mol. The molecule has 0 aliphatic carbocycles. The van der Waals surface area contributed by atoms with E-state index >= 15 is 0 Å². The van der Waals surface area contributed by atoms with Gasteiger partial charge in [0.15, 0.2) is 0 Å². The fourth-order valence-corrected chi connectivity index (χ4v) is 5.51. The molecule has 0 atom stereocenters. The third kappa shape index (κ3) is 5.66. The maximum Gasteiger partial charge on any atom is 0.261 e. The van der Waals surface area contributed by atoms with E-state index in [1.165, 1.54) is 30.3 Å². The summed E-state index contributed by atoms with van der Waals surface area (Å²) in [6, 6.07) is 15.7. The highest BCUT2D eigenvalue weighted by Crippen LogP contribution is 2.30. The van der Waals surface area contributed by atoms with Crippen LogP contribution < -0.4 is 14.2 Å². The standard InChI is InChI=1S/C24H28N2O5S2/c1-16(2)22-15-21(12-13-24(22)31-5)33(29,30)25-19-8-10-20(11-9-19)32(27,28)26-23-14-17(3)6-7-18(23)4/h6-16,25-26H,1-5H3. The van der Waals surface area contributed by atoms with Crippen LogP contribution in [0.25, 0.3) is 0 Å². The molecule has 3 rings (SSSR count). The summed E-state index contributed by atoms with van der Waals surface area (Å²) in [7, 11) is -6.16. The molecule has 3 aromatic rings. The predicted octanol–water partition coefficient (Wildman–Crippen LogP) is 5.04. The summed E-state index contributed by atoms with van der Waals surface area (Å²) < 4.78 is 61.7. The number of nitrogens with one attached hydrogen (secondary N) is 2. The number of ether oxygens (including phenoxy) is 1. The molecule has 0 aliphatic rings. The highest BCUT2D eigenvalue weighted by atomic mass is 32.2. The first-order chi connectivity index (χ1) is 15.4. The monoisotopic (exact) mass is 488 g/mol. The summed E-state index contributed by atoms with van der Waals surface area (Å²) in [6.45, 7) is 7.60. The van der Waals surface area contributed by atoms with Crippen molar-refractivity contribution >= 4 is 31.4 Å². The van der Waals surface area contributed by atoms with Crippen molar-refractivity contribution in [2.24, 2.45) is 0 Å². The van der Waals surface area contributed by atoms with Crippen molar-refractivity contribution in [1.29, 1.82) is 0 Å². The summed E-state index contributed by atoms with van der Waals surface area (Å²) in [6.07, 6.45) is 0. The molecule has 0 aromatic heterocycles. The number of rotatable bonds is 8. The van der Waals surface area contributed by atoms with Gasteiger partial charge in [-0.1, -0.05) is 26.0 Å². The molecule has 0 unspecified atom stereocenters. The summed E-state index contributed by atoms with van der Waals surface area (Å²) >= 11 is 0. The minimum atomic E-state index is -3.87. The molecule has 0 radical (unpaired) electrons. The first kappa shape index (κ1) is 24.6. The van der Waals surface area contributed by atoms with Crippen LogP contribution in [0, 0.1) is 13.8 Å². The summed E-state index contributed by atoms with van der Waals surface area (Å²) in [5.74, 6) is 0.694. The van der Waals surface area contributed by atoms with Gasteiger partial charge in [0, 0.05) is 5.69 Å².